The van der Waals surface area contributed by atoms with Crippen LogP contribution >= 0.6 is 15.9 Å². The molecule has 72 valence electrons. The number of hydrogen-bond donors (Lipinski definition) is 1. The van der Waals surface area contributed by atoms with Gasteiger partial charge in [0.25, 0.3) is 0 Å². The number of ether oxygens (including phenoxy) is 1. The van der Waals surface area contributed by atoms with Crippen LogP contribution in [0.25, 0.3) is 0 Å². The summed E-state index contributed by atoms with van der Waals surface area (Å²) >= 11 is 3.40. The molecule has 0 amide bonds. The van der Waals surface area contributed by atoms with Crippen LogP contribution < -0.4 is 10.5 Å². The molecule has 2 N–H and O–H groups in total. The summed E-state index contributed by atoms with van der Waals surface area (Å²) in [7, 11) is 0. The first-order chi connectivity index (χ1) is 6.15. The molecule has 0 aliphatic carbocycles. The minimum Gasteiger partial charge on any atom is -0.487 e. The van der Waals surface area contributed by atoms with E-state index >= 15 is 0 Å². The second kappa shape index (κ2) is 4.51. The first-order valence-electron chi connectivity index (χ1n) is 4.35. The summed E-state index contributed by atoms with van der Waals surface area (Å²) in [5, 5.41) is 0. The third kappa shape index (κ3) is 2.62. The Bertz CT molecular complexity index is 268. The summed E-state index contributed by atoms with van der Waals surface area (Å²) in [6.45, 7) is 4.11. The predicted molar refractivity (Wildman–Crippen MR) is 58.9 cm³/mol. The van der Waals surface area contributed by atoms with Gasteiger partial charge in [-0.1, -0.05) is 13.0 Å². The van der Waals surface area contributed by atoms with Crippen LogP contribution in [0.15, 0.2) is 22.7 Å². The zero-order valence-corrected chi connectivity index (χ0v) is 9.47. The SMILES string of the molecule is CCC(C)Oc1c(N)cccc1Br. The summed E-state index contributed by atoms with van der Waals surface area (Å²) in [5.74, 6) is 0.747. The summed E-state index contributed by atoms with van der Waals surface area (Å²) in [6.07, 6.45) is 1.17. The smallest absolute Gasteiger partial charge is 0.156 e. The molecule has 3 heteroatoms. The molecule has 0 saturated heterocycles. The highest BCUT2D eigenvalue weighted by atomic mass is 79.9. The lowest BCUT2D eigenvalue weighted by Crippen LogP contribution is -2.11. The van der Waals surface area contributed by atoms with Crippen molar-refractivity contribution in [3.8, 4) is 5.75 Å². The lowest BCUT2D eigenvalue weighted by molar-refractivity contribution is 0.217. The highest BCUT2D eigenvalue weighted by molar-refractivity contribution is 9.10. The van der Waals surface area contributed by atoms with Gasteiger partial charge in [-0.3, -0.25) is 0 Å². The van der Waals surface area contributed by atoms with Crippen molar-refractivity contribution in [1.29, 1.82) is 0 Å². The molecule has 1 aromatic carbocycles. The van der Waals surface area contributed by atoms with Gasteiger partial charge >= 0.3 is 0 Å². The number of para-hydroxylation sites is 1. The van der Waals surface area contributed by atoms with Crippen molar-refractivity contribution in [3.05, 3.63) is 22.7 Å². The van der Waals surface area contributed by atoms with Crippen molar-refractivity contribution in [2.24, 2.45) is 0 Å². The van der Waals surface area contributed by atoms with Crippen molar-refractivity contribution >= 4 is 21.6 Å². The Labute approximate surface area is 87.2 Å². The van der Waals surface area contributed by atoms with E-state index < -0.39 is 0 Å². The molecule has 1 rings (SSSR count). The fourth-order valence-corrected chi connectivity index (χ4v) is 1.41. The largest absolute Gasteiger partial charge is 0.487 e. The van der Waals surface area contributed by atoms with Gasteiger partial charge in [-0.05, 0) is 41.4 Å². The molecule has 0 aliphatic heterocycles. The van der Waals surface area contributed by atoms with E-state index in [0.29, 0.717) is 5.69 Å². The number of nitrogen functional groups attached to an aromatic ring is 1. The molecule has 2 nitrogen and oxygen atoms in total. The van der Waals surface area contributed by atoms with Crippen LogP contribution in [0.4, 0.5) is 5.69 Å². The fourth-order valence-electron chi connectivity index (χ4n) is 0.934. The normalized spacial score (nSPS) is 12.5. The van der Waals surface area contributed by atoms with Gasteiger partial charge in [0.05, 0.1) is 16.3 Å². The fraction of sp³-hybridized carbons (Fsp3) is 0.400. The van der Waals surface area contributed by atoms with Gasteiger partial charge in [-0.2, -0.15) is 0 Å². The highest BCUT2D eigenvalue weighted by Gasteiger charge is 2.07. The molecule has 1 aromatic rings. The Morgan fingerprint density at radius 3 is 2.77 bits per heavy atom. The van der Waals surface area contributed by atoms with Crippen molar-refractivity contribution < 1.29 is 4.74 Å². The van der Waals surface area contributed by atoms with E-state index in [1.54, 1.807) is 0 Å². The Hall–Kier alpha value is -0.700. The molecule has 0 saturated carbocycles. The Kier molecular flexibility index (Phi) is 3.60. The molecule has 0 aromatic heterocycles. The molecular formula is C10H14BrNO. The molecule has 0 heterocycles. The minimum atomic E-state index is 0.195. The molecule has 1 unspecified atom stereocenters. The summed E-state index contributed by atoms with van der Waals surface area (Å²) in [4.78, 5) is 0. The third-order valence-corrected chi connectivity index (χ3v) is 2.52. The quantitative estimate of drug-likeness (QED) is 0.828. The van der Waals surface area contributed by atoms with Gasteiger partial charge in [-0.15, -0.1) is 0 Å². The lowest BCUT2D eigenvalue weighted by atomic mass is 10.3. The number of hydrogen-bond acceptors (Lipinski definition) is 2. The van der Waals surface area contributed by atoms with Crippen LogP contribution in [-0.4, -0.2) is 6.10 Å². The van der Waals surface area contributed by atoms with E-state index in [1.807, 2.05) is 25.1 Å². The molecule has 0 bridgehead atoms. The topological polar surface area (TPSA) is 35.2 Å². The second-order valence-corrected chi connectivity index (χ2v) is 3.85. The zero-order valence-electron chi connectivity index (χ0n) is 7.88. The van der Waals surface area contributed by atoms with Crippen LogP contribution in [0, 0.1) is 0 Å². The van der Waals surface area contributed by atoms with Crippen molar-refractivity contribution in [1.82, 2.24) is 0 Å². The molecule has 0 aliphatic rings. The standard InChI is InChI=1S/C10H14BrNO/c1-3-7(2)13-10-8(11)5-4-6-9(10)12/h4-7H,3,12H2,1-2H3. The second-order valence-electron chi connectivity index (χ2n) is 2.99. The first kappa shape index (κ1) is 10.4. The Balaban J connectivity index is 2.87. The van der Waals surface area contributed by atoms with Crippen molar-refractivity contribution in [2.75, 3.05) is 5.73 Å². The maximum atomic E-state index is 5.77. The van der Waals surface area contributed by atoms with E-state index in [4.69, 9.17) is 10.5 Å². The number of rotatable bonds is 3. The van der Waals surface area contributed by atoms with Gasteiger partial charge < -0.3 is 10.5 Å². The van der Waals surface area contributed by atoms with Crippen LogP contribution in [-0.2, 0) is 0 Å². The maximum absolute atomic E-state index is 5.77. The summed E-state index contributed by atoms with van der Waals surface area (Å²) < 4.78 is 6.56. The zero-order chi connectivity index (χ0) is 9.84. The van der Waals surface area contributed by atoms with Crippen molar-refractivity contribution in [3.63, 3.8) is 0 Å². The van der Waals surface area contributed by atoms with E-state index in [-0.39, 0.29) is 6.10 Å². The van der Waals surface area contributed by atoms with Gasteiger partial charge in [0.1, 0.15) is 0 Å². The Morgan fingerprint density at radius 2 is 2.23 bits per heavy atom. The number of benzene rings is 1. The lowest BCUT2D eigenvalue weighted by Gasteiger charge is -2.15. The van der Waals surface area contributed by atoms with E-state index in [1.165, 1.54) is 0 Å². The van der Waals surface area contributed by atoms with Crippen LogP contribution in [0.5, 0.6) is 5.75 Å². The third-order valence-electron chi connectivity index (χ3n) is 1.89. The van der Waals surface area contributed by atoms with Gasteiger partial charge in [0.2, 0.25) is 0 Å². The van der Waals surface area contributed by atoms with Crippen LogP contribution in [0.1, 0.15) is 20.3 Å². The predicted octanol–water partition coefficient (Wildman–Crippen LogP) is 3.21. The molecule has 0 radical (unpaired) electrons. The van der Waals surface area contributed by atoms with Gasteiger partial charge in [0, 0.05) is 0 Å². The summed E-state index contributed by atoms with van der Waals surface area (Å²) in [5.41, 5.74) is 6.45. The number of anilines is 1. The summed E-state index contributed by atoms with van der Waals surface area (Å²) in [6, 6.07) is 5.65. The van der Waals surface area contributed by atoms with Crippen LogP contribution in [0.3, 0.4) is 0 Å². The average Bonchev–Trinajstić information content (AvgIpc) is 2.11. The molecule has 1 atom stereocenters. The minimum absolute atomic E-state index is 0.195. The molecule has 0 spiro atoms. The monoisotopic (exact) mass is 243 g/mol. The Morgan fingerprint density at radius 1 is 1.54 bits per heavy atom. The maximum Gasteiger partial charge on any atom is 0.156 e. The average molecular weight is 244 g/mol. The van der Waals surface area contributed by atoms with Gasteiger partial charge in [-0.25, -0.2) is 0 Å². The van der Waals surface area contributed by atoms with Crippen LogP contribution in [0.2, 0.25) is 0 Å². The molecule has 13 heavy (non-hydrogen) atoms. The highest BCUT2D eigenvalue weighted by Crippen LogP contribution is 2.31. The number of halogens is 1. The van der Waals surface area contributed by atoms with E-state index in [2.05, 4.69) is 22.9 Å². The first-order valence-corrected chi connectivity index (χ1v) is 5.15. The number of nitrogens with two attached hydrogens (primary N) is 1. The molecule has 0 fully saturated rings. The van der Waals surface area contributed by atoms with Gasteiger partial charge in [0.15, 0.2) is 5.75 Å². The molecular weight excluding hydrogens is 230 g/mol. The van der Waals surface area contributed by atoms with E-state index in [9.17, 15) is 0 Å². The van der Waals surface area contributed by atoms with E-state index in [0.717, 1.165) is 16.6 Å². The van der Waals surface area contributed by atoms with Crippen molar-refractivity contribution in [2.45, 2.75) is 26.4 Å².